The Morgan fingerprint density at radius 1 is 1.60 bits per heavy atom. The van der Waals surface area contributed by atoms with Gasteiger partial charge in [-0.05, 0) is 6.07 Å². The predicted molar refractivity (Wildman–Crippen MR) is 45.1 cm³/mol. The van der Waals surface area contributed by atoms with Gasteiger partial charge < -0.3 is 9.47 Å². The Morgan fingerprint density at radius 3 is 2.73 bits per heavy atom. The zero-order valence-electron chi connectivity index (χ0n) is 7.57. The van der Waals surface area contributed by atoms with E-state index in [-0.39, 0.29) is 5.75 Å². The second-order valence-corrected chi connectivity index (χ2v) is 2.39. The summed E-state index contributed by atoms with van der Waals surface area (Å²) >= 11 is 0. The van der Waals surface area contributed by atoms with Crippen LogP contribution in [0.5, 0.6) is 11.5 Å². The smallest absolute Gasteiger partial charge is 0.387 e. The van der Waals surface area contributed by atoms with E-state index in [0.29, 0.717) is 0 Å². The van der Waals surface area contributed by atoms with Crippen LogP contribution in [0.4, 0.5) is 14.5 Å². The monoisotopic (exact) mass is 218 g/mol. The van der Waals surface area contributed by atoms with E-state index in [1.54, 1.807) is 0 Å². The molecule has 0 aliphatic carbocycles. The Bertz CT molecular complexity index is 370. The molecule has 0 bridgehead atoms. The Hall–Kier alpha value is -1.92. The minimum Gasteiger partial charge on any atom is -0.490 e. The molecule has 0 saturated heterocycles. The maximum absolute atomic E-state index is 11.8. The van der Waals surface area contributed by atoms with Gasteiger partial charge in [-0.1, -0.05) is 0 Å². The van der Waals surface area contributed by atoms with Gasteiger partial charge in [0.25, 0.3) is 0 Å². The molecule has 0 saturated carbocycles. The number of methoxy groups -OCH3 is 1. The summed E-state index contributed by atoms with van der Waals surface area (Å²) in [5, 5.41) is 10.5. The Labute approximate surface area is 83.4 Å². The molecule has 0 aliphatic heterocycles. The van der Waals surface area contributed by atoms with E-state index >= 15 is 0 Å². The first-order valence-corrected chi connectivity index (χ1v) is 3.73. The van der Waals surface area contributed by atoms with Crippen LogP contribution in [0.1, 0.15) is 0 Å². The molecule has 0 aromatic heterocycles. The number of alkyl halides is 2. The van der Waals surface area contributed by atoms with Crippen molar-refractivity contribution in [2.75, 3.05) is 7.11 Å². The van der Waals surface area contributed by atoms with Crippen molar-refractivity contribution in [2.45, 2.75) is 6.61 Å². The molecular formula is C8H6F2NO4. The zero-order chi connectivity index (χ0) is 11.4. The number of benzene rings is 1. The molecule has 15 heavy (non-hydrogen) atoms. The highest BCUT2D eigenvalue weighted by Gasteiger charge is 2.17. The Balaban J connectivity index is 3.05. The quantitative estimate of drug-likeness (QED) is 0.572. The van der Waals surface area contributed by atoms with Gasteiger partial charge in [-0.3, -0.25) is 10.1 Å². The van der Waals surface area contributed by atoms with Gasteiger partial charge in [0.2, 0.25) is 0 Å². The molecule has 0 unspecified atom stereocenters. The predicted octanol–water partition coefficient (Wildman–Crippen LogP) is 2.00. The highest BCUT2D eigenvalue weighted by Crippen LogP contribution is 2.30. The molecule has 0 spiro atoms. The van der Waals surface area contributed by atoms with E-state index in [0.717, 1.165) is 12.1 Å². The maximum atomic E-state index is 11.8. The first-order valence-electron chi connectivity index (χ1n) is 3.73. The maximum Gasteiger partial charge on any atom is 0.387 e. The summed E-state index contributed by atoms with van der Waals surface area (Å²) in [6, 6.07) is 4.17. The second kappa shape index (κ2) is 4.54. The average Bonchev–Trinajstić information content (AvgIpc) is 2.16. The molecule has 1 aromatic rings. The van der Waals surface area contributed by atoms with Gasteiger partial charge >= 0.3 is 12.3 Å². The van der Waals surface area contributed by atoms with Crippen LogP contribution < -0.4 is 9.47 Å². The van der Waals surface area contributed by atoms with Crippen LogP contribution in [-0.2, 0) is 0 Å². The van der Waals surface area contributed by atoms with Crippen molar-refractivity contribution in [3.05, 3.63) is 28.3 Å². The van der Waals surface area contributed by atoms with Crippen LogP contribution in [0.25, 0.3) is 0 Å². The van der Waals surface area contributed by atoms with Crippen molar-refractivity contribution in [2.24, 2.45) is 0 Å². The third-order valence-electron chi connectivity index (χ3n) is 1.50. The molecule has 0 heterocycles. The van der Waals surface area contributed by atoms with E-state index in [4.69, 9.17) is 0 Å². The minimum atomic E-state index is -3.05. The van der Waals surface area contributed by atoms with Gasteiger partial charge in [0.15, 0.2) is 5.75 Å². The van der Waals surface area contributed by atoms with E-state index < -0.39 is 23.0 Å². The van der Waals surface area contributed by atoms with Gasteiger partial charge in [-0.2, -0.15) is 8.78 Å². The number of nitrogens with zero attached hydrogens (tertiary/aromatic N) is 1. The van der Waals surface area contributed by atoms with Gasteiger partial charge in [0, 0.05) is 6.07 Å². The summed E-state index contributed by atoms with van der Waals surface area (Å²) in [7, 11) is 1.23. The minimum absolute atomic E-state index is 0.0679. The highest BCUT2D eigenvalue weighted by atomic mass is 19.3. The third kappa shape index (κ3) is 2.76. The molecule has 0 atom stereocenters. The summed E-state index contributed by atoms with van der Waals surface area (Å²) in [4.78, 5) is 9.73. The normalized spacial score (nSPS) is 10.1. The third-order valence-corrected chi connectivity index (χ3v) is 1.50. The summed E-state index contributed by atoms with van der Waals surface area (Å²) in [6.45, 7) is -3.05. The molecular weight excluding hydrogens is 212 g/mol. The molecule has 81 valence electrons. The van der Waals surface area contributed by atoms with Crippen LogP contribution in [-0.4, -0.2) is 18.6 Å². The number of hydrogen-bond acceptors (Lipinski definition) is 4. The van der Waals surface area contributed by atoms with Crippen molar-refractivity contribution in [3.63, 3.8) is 0 Å². The number of nitro benzene ring substituents is 1. The molecule has 0 N–H and O–H groups in total. The number of nitro groups is 1. The average molecular weight is 218 g/mol. The molecule has 0 amide bonds. The molecule has 1 radical (unpaired) electrons. The van der Waals surface area contributed by atoms with Crippen molar-refractivity contribution < 1.29 is 23.2 Å². The number of halogens is 2. The lowest BCUT2D eigenvalue weighted by Gasteiger charge is -2.05. The fraction of sp³-hybridized carbons (Fsp3) is 0.250. The van der Waals surface area contributed by atoms with Gasteiger partial charge in [-0.25, -0.2) is 0 Å². The highest BCUT2D eigenvalue weighted by molar-refractivity contribution is 5.50. The van der Waals surface area contributed by atoms with E-state index in [1.807, 2.05) is 0 Å². The first-order chi connectivity index (χ1) is 7.04. The molecule has 1 aromatic carbocycles. The Morgan fingerprint density at radius 2 is 2.27 bits per heavy atom. The lowest BCUT2D eigenvalue weighted by molar-refractivity contribution is -0.385. The van der Waals surface area contributed by atoms with E-state index in [1.165, 1.54) is 7.11 Å². The van der Waals surface area contributed by atoms with Crippen molar-refractivity contribution in [1.82, 2.24) is 0 Å². The number of hydrogen-bond donors (Lipinski definition) is 0. The molecule has 0 fully saturated rings. The van der Waals surface area contributed by atoms with Crippen LogP contribution in [0.15, 0.2) is 12.1 Å². The van der Waals surface area contributed by atoms with Gasteiger partial charge in [0.05, 0.1) is 18.1 Å². The zero-order valence-corrected chi connectivity index (χ0v) is 7.57. The van der Waals surface area contributed by atoms with Crippen LogP contribution >= 0.6 is 0 Å². The van der Waals surface area contributed by atoms with Crippen molar-refractivity contribution in [3.8, 4) is 11.5 Å². The number of rotatable bonds is 4. The topological polar surface area (TPSA) is 61.6 Å². The fourth-order valence-corrected chi connectivity index (χ4v) is 0.918. The fourth-order valence-electron chi connectivity index (χ4n) is 0.918. The molecule has 0 aliphatic rings. The van der Waals surface area contributed by atoms with Crippen LogP contribution in [0.3, 0.4) is 0 Å². The number of ether oxygens (including phenoxy) is 2. The Kier molecular flexibility index (Phi) is 3.37. The largest absolute Gasteiger partial charge is 0.490 e. The lowest BCUT2D eigenvalue weighted by atomic mass is 10.3. The van der Waals surface area contributed by atoms with Gasteiger partial charge in [-0.15, -0.1) is 0 Å². The second-order valence-electron chi connectivity index (χ2n) is 2.39. The summed E-state index contributed by atoms with van der Waals surface area (Å²) in [5.74, 6) is -0.473. The van der Waals surface area contributed by atoms with Crippen molar-refractivity contribution >= 4 is 5.69 Å². The summed E-state index contributed by atoms with van der Waals surface area (Å²) < 4.78 is 32.2. The van der Waals surface area contributed by atoms with Crippen LogP contribution in [0.2, 0.25) is 0 Å². The molecule has 7 heteroatoms. The first kappa shape index (κ1) is 11.2. The van der Waals surface area contributed by atoms with Crippen LogP contribution in [0, 0.1) is 16.2 Å². The molecule has 5 nitrogen and oxygen atoms in total. The van der Waals surface area contributed by atoms with Crippen molar-refractivity contribution in [1.29, 1.82) is 0 Å². The van der Waals surface area contributed by atoms with E-state index in [2.05, 4.69) is 15.5 Å². The van der Waals surface area contributed by atoms with Gasteiger partial charge in [0.1, 0.15) is 5.75 Å². The summed E-state index contributed by atoms with van der Waals surface area (Å²) in [6.07, 6.45) is 0. The van der Waals surface area contributed by atoms with E-state index in [9.17, 15) is 18.9 Å². The SMILES string of the molecule is COc1c[c]c(OC(F)F)cc1[N+](=O)[O-]. The standard InChI is InChI=1S/C8H6F2NO4/c1-14-7-3-2-5(15-8(9)10)4-6(7)11(12)13/h3-4,8H,1H3. The lowest BCUT2D eigenvalue weighted by Crippen LogP contribution is -2.03. The molecule has 1 rings (SSSR count). The summed E-state index contributed by atoms with van der Waals surface area (Å²) in [5.41, 5.74) is -0.452.